The van der Waals surface area contributed by atoms with E-state index in [1.54, 1.807) is 18.2 Å². The number of nitrogens with one attached hydrogen (secondary N) is 1. The molecule has 2 atom stereocenters. The molecule has 1 amide bonds. The lowest BCUT2D eigenvalue weighted by atomic mass is 10.0. The van der Waals surface area contributed by atoms with Gasteiger partial charge in [-0.3, -0.25) is 9.10 Å². The standard InChI is InChI=1S/C22H30N2O3S/c1-7-21(24(28(6,26)27)20-10-8-9-15(2)13-20)22(25)23-18(5)19-12-11-16(3)17(4)14-19/h8-14,18,21H,7H2,1-6H3,(H,23,25)/t18-,21-/m1/s1. The van der Waals surface area contributed by atoms with Crippen molar-refractivity contribution >= 4 is 21.6 Å². The van der Waals surface area contributed by atoms with Gasteiger partial charge in [0.1, 0.15) is 6.04 Å². The number of carbonyl (C=O) groups excluding carboxylic acids is 1. The Balaban J connectivity index is 2.32. The third-order valence-corrected chi connectivity index (χ3v) is 6.16. The summed E-state index contributed by atoms with van der Waals surface area (Å²) in [6, 6.07) is 12.2. The van der Waals surface area contributed by atoms with Gasteiger partial charge in [-0.2, -0.15) is 0 Å². The van der Waals surface area contributed by atoms with E-state index in [4.69, 9.17) is 0 Å². The van der Waals surface area contributed by atoms with Gasteiger partial charge in [-0.05, 0) is 68.5 Å². The van der Waals surface area contributed by atoms with Gasteiger partial charge in [-0.15, -0.1) is 0 Å². The fourth-order valence-corrected chi connectivity index (χ4v) is 4.46. The summed E-state index contributed by atoms with van der Waals surface area (Å²) in [4.78, 5) is 13.0. The summed E-state index contributed by atoms with van der Waals surface area (Å²) in [6.07, 6.45) is 1.50. The number of hydrogen-bond donors (Lipinski definition) is 1. The first-order chi connectivity index (χ1) is 13.0. The van der Waals surface area contributed by atoms with Crippen molar-refractivity contribution in [3.8, 4) is 0 Å². The zero-order chi connectivity index (χ0) is 21.1. The van der Waals surface area contributed by atoms with Gasteiger partial charge in [0, 0.05) is 0 Å². The van der Waals surface area contributed by atoms with Crippen molar-refractivity contribution in [2.45, 2.75) is 53.1 Å². The van der Waals surface area contributed by atoms with Gasteiger partial charge >= 0.3 is 0 Å². The number of carbonyl (C=O) groups is 1. The highest BCUT2D eigenvalue weighted by atomic mass is 32.2. The molecule has 0 aliphatic rings. The van der Waals surface area contributed by atoms with Crippen LogP contribution in [-0.4, -0.2) is 26.6 Å². The largest absolute Gasteiger partial charge is 0.348 e. The molecule has 6 heteroatoms. The van der Waals surface area contributed by atoms with E-state index in [0.29, 0.717) is 12.1 Å². The number of nitrogens with zero attached hydrogens (tertiary/aromatic N) is 1. The Morgan fingerprint density at radius 1 is 1.07 bits per heavy atom. The van der Waals surface area contributed by atoms with Gasteiger partial charge in [0.2, 0.25) is 15.9 Å². The van der Waals surface area contributed by atoms with E-state index < -0.39 is 16.1 Å². The molecule has 2 aromatic carbocycles. The van der Waals surface area contributed by atoms with E-state index >= 15 is 0 Å². The molecule has 2 aromatic rings. The van der Waals surface area contributed by atoms with E-state index in [-0.39, 0.29) is 11.9 Å². The fourth-order valence-electron chi connectivity index (χ4n) is 3.25. The second-order valence-electron chi connectivity index (χ2n) is 7.40. The second-order valence-corrected chi connectivity index (χ2v) is 9.26. The predicted octanol–water partition coefficient (Wildman–Crippen LogP) is 4.03. The van der Waals surface area contributed by atoms with Crippen LogP contribution in [0.5, 0.6) is 0 Å². The van der Waals surface area contributed by atoms with E-state index in [0.717, 1.165) is 22.9 Å². The molecule has 0 aromatic heterocycles. The van der Waals surface area contributed by atoms with Crippen LogP contribution in [0.3, 0.4) is 0 Å². The second kappa shape index (κ2) is 8.78. The van der Waals surface area contributed by atoms with Crippen molar-refractivity contribution in [1.82, 2.24) is 5.32 Å². The Labute approximate surface area is 168 Å². The summed E-state index contributed by atoms with van der Waals surface area (Å²) in [6.45, 7) is 9.70. The van der Waals surface area contributed by atoms with Crippen LogP contribution in [0.25, 0.3) is 0 Å². The molecule has 0 radical (unpaired) electrons. The molecule has 28 heavy (non-hydrogen) atoms. The normalized spacial score (nSPS) is 13.6. The highest BCUT2D eigenvalue weighted by molar-refractivity contribution is 7.92. The lowest BCUT2D eigenvalue weighted by Crippen LogP contribution is -2.49. The van der Waals surface area contributed by atoms with Crippen LogP contribution in [0.4, 0.5) is 5.69 Å². The Morgan fingerprint density at radius 3 is 2.29 bits per heavy atom. The first kappa shape index (κ1) is 22.0. The summed E-state index contributed by atoms with van der Waals surface area (Å²) < 4.78 is 26.3. The molecule has 0 unspecified atom stereocenters. The maximum Gasteiger partial charge on any atom is 0.244 e. The zero-order valence-electron chi connectivity index (χ0n) is 17.5. The lowest BCUT2D eigenvalue weighted by molar-refractivity contribution is -0.122. The Bertz CT molecular complexity index is 954. The lowest BCUT2D eigenvalue weighted by Gasteiger charge is -2.31. The monoisotopic (exact) mass is 402 g/mol. The number of benzene rings is 2. The van der Waals surface area contributed by atoms with Gasteiger partial charge in [-0.1, -0.05) is 37.3 Å². The molecule has 2 rings (SSSR count). The van der Waals surface area contributed by atoms with Gasteiger partial charge in [-0.25, -0.2) is 8.42 Å². The van der Waals surface area contributed by atoms with Crippen molar-refractivity contribution in [1.29, 1.82) is 0 Å². The maximum absolute atomic E-state index is 13.0. The van der Waals surface area contributed by atoms with Crippen molar-refractivity contribution in [3.05, 3.63) is 64.7 Å². The van der Waals surface area contributed by atoms with Crippen LogP contribution in [0.1, 0.15) is 48.6 Å². The Morgan fingerprint density at radius 2 is 1.75 bits per heavy atom. The number of aryl methyl sites for hydroxylation is 3. The predicted molar refractivity (Wildman–Crippen MR) is 115 cm³/mol. The van der Waals surface area contributed by atoms with Gasteiger partial charge in [0.25, 0.3) is 0 Å². The van der Waals surface area contributed by atoms with Crippen LogP contribution in [0.15, 0.2) is 42.5 Å². The molecule has 0 fully saturated rings. The molecular formula is C22H30N2O3S. The average Bonchev–Trinajstić information content (AvgIpc) is 2.60. The average molecular weight is 403 g/mol. The van der Waals surface area contributed by atoms with Gasteiger partial charge < -0.3 is 5.32 Å². The van der Waals surface area contributed by atoms with E-state index in [1.807, 2.05) is 52.8 Å². The zero-order valence-corrected chi connectivity index (χ0v) is 18.3. The molecule has 5 nitrogen and oxygen atoms in total. The number of amides is 1. The molecule has 152 valence electrons. The summed E-state index contributed by atoms with van der Waals surface area (Å²) in [5.74, 6) is -0.305. The molecule has 1 N–H and O–H groups in total. The topological polar surface area (TPSA) is 66.5 Å². The third kappa shape index (κ3) is 5.13. The first-order valence-electron chi connectivity index (χ1n) is 9.48. The SMILES string of the molecule is CC[C@H](C(=O)N[C@H](C)c1ccc(C)c(C)c1)N(c1cccc(C)c1)S(C)(=O)=O. The minimum absolute atomic E-state index is 0.222. The van der Waals surface area contributed by atoms with Crippen LogP contribution in [0, 0.1) is 20.8 Å². The number of rotatable bonds is 7. The van der Waals surface area contributed by atoms with Crippen molar-refractivity contribution in [3.63, 3.8) is 0 Å². The molecule has 0 saturated carbocycles. The number of anilines is 1. The molecule has 0 bridgehead atoms. The summed E-state index contributed by atoms with van der Waals surface area (Å²) in [5, 5.41) is 2.99. The quantitative estimate of drug-likeness (QED) is 0.760. The Hall–Kier alpha value is -2.34. The van der Waals surface area contributed by atoms with Crippen LogP contribution >= 0.6 is 0 Å². The number of hydrogen-bond acceptors (Lipinski definition) is 3. The summed E-state index contributed by atoms with van der Waals surface area (Å²) in [5.41, 5.74) is 4.78. The van der Waals surface area contributed by atoms with Crippen molar-refractivity contribution in [2.75, 3.05) is 10.6 Å². The molecule has 0 heterocycles. The van der Waals surface area contributed by atoms with Gasteiger partial charge in [0.15, 0.2) is 0 Å². The van der Waals surface area contributed by atoms with Crippen molar-refractivity contribution < 1.29 is 13.2 Å². The Kier molecular flexibility index (Phi) is 6.88. The van der Waals surface area contributed by atoms with E-state index in [1.165, 1.54) is 9.87 Å². The van der Waals surface area contributed by atoms with Crippen LogP contribution in [-0.2, 0) is 14.8 Å². The molecule has 0 aliphatic carbocycles. The van der Waals surface area contributed by atoms with Crippen molar-refractivity contribution in [2.24, 2.45) is 0 Å². The highest BCUT2D eigenvalue weighted by Crippen LogP contribution is 2.24. The molecule has 0 spiro atoms. The minimum atomic E-state index is -3.63. The number of sulfonamides is 1. The molecule has 0 saturated heterocycles. The highest BCUT2D eigenvalue weighted by Gasteiger charge is 2.32. The summed E-state index contributed by atoms with van der Waals surface area (Å²) in [7, 11) is -3.63. The van der Waals surface area contributed by atoms with Crippen LogP contribution in [0.2, 0.25) is 0 Å². The van der Waals surface area contributed by atoms with Crippen LogP contribution < -0.4 is 9.62 Å². The molecule has 0 aliphatic heterocycles. The molecular weight excluding hydrogens is 372 g/mol. The van der Waals surface area contributed by atoms with Gasteiger partial charge in [0.05, 0.1) is 18.0 Å². The third-order valence-electron chi connectivity index (χ3n) is 4.98. The van der Waals surface area contributed by atoms with E-state index in [2.05, 4.69) is 11.4 Å². The fraction of sp³-hybridized carbons (Fsp3) is 0.409. The first-order valence-corrected chi connectivity index (χ1v) is 11.3. The maximum atomic E-state index is 13.0. The minimum Gasteiger partial charge on any atom is -0.348 e. The smallest absolute Gasteiger partial charge is 0.244 e. The van der Waals surface area contributed by atoms with E-state index in [9.17, 15) is 13.2 Å². The summed E-state index contributed by atoms with van der Waals surface area (Å²) >= 11 is 0.